The van der Waals surface area contributed by atoms with Gasteiger partial charge in [0.1, 0.15) is 0 Å². The Bertz CT molecular complexity index is 510. The van der Waals surface area contributed by atoms with Crippen LogP contribution in [0.1, 0.15) is 49.7 Å². The summed E-state index contributed by atoms with van der Waals surface area (Å²) in [7, 11) is 0. The summed E-state index contributed by atoms with van der Waals surface area (Å²) in [5.74, 6) is -0.971. The first-order chi connectivity index (χ1) is 10.5. The Balaban J connectivity index is 1.60. The number of rotatable bonds is 7. The average Bonchev–Trinajstić information content (AvgIpc) is 2.94. The first-order valence-corrected chi connectivity index (χ1v) is 8.12. The van der Waals surface area contributed by atoms with Gasteiger partial charge in [-0.25, -0.2) is 0 Å². The highest BCUT2D eigenvalue weighted by Crippen LogP contribution is 2.25. The van der Waals surface area contributed by atoms with Crippen LogP contribution < -0.4 is 5.32 Å². The highest BCUT2D eigenvalue weighted by molar-refractivity contribution is 5.76. The molecule has 1 amide bonds. The fourth-order valence-electron chi connectivity index (χ4n) is 3.01. The monoisotopic (exact) mass is 303 g/mol. The zero-order valence-electron chi connectivity index (χ0n) is 13.2. The molecule has 1 aromatic rings. The summed E-state index contributed by atoms with van der Waals surface area (Å²) in [5, 5.41) is 11.9. The minimum Gasteiger partial charge on any atom is -0.481 e. The van der Waals surface area contributed by atoms with Gasteiger partial charge in [0.05, 0.1) is 5.92 Å². The number of carboxylic acid groups (broad SMARTS) is 1. The molecule has 0 aromatic heterocycles. The van der Waals surface area contributed by atoms with Gasteiger partial charge in [-0.05, 0) is 51.0 Å². The predicted octanol–water partition coefficient (Wildman–Crippen LogP) is 3.08. The maximum Gasteiger partial charge on any atom is 0.306 e. The number of hydrogen-bond acceptors (Lipinski definition) is 2. The molecule has 0 bridgehead atoms. The van der Waals surface area contributed by atoms with Gasteiger partial charge < -0.3 is 10.4 Å². The molecular weight excluding hydrogens is 278 g/mol. The van der Waals surface area contributed by atoms with Gasteiger partial charge in [-0.1, -0.05) is 29.8 Å². The fraction of sp³-hybridized carbons (Fsp3) is 0.556. The van der Waals surface area contributed by atoms with Crippen molar-refractivity contribution in [1.29, 1.82) is 0 Å². The van der Waals surface area contributed by atoms with Crippen LogP contribution in [0.15, 0.2) is 24.3 Å². The van der Waals surface area contributed by atoms with Gasteiger partial charge in [0, 0.05) is 12.5 Å². The molecule has 4 heteroatoms. The molecule has 4 nitrogen and oxygen atoms in total. The van der Waals surface area contributed by atoms with Crippen LogP contribution in [-0.4, -0.2) is 23.0 Å². The molecule has 120 valence electrons. The van der Waals surface area contributed by atoms with Crippen molar-refractivity contribution in [2.75, 3.05) is 0 Å². The molecule has 2 rings (SSSR count). The molecule has 1 saturated carbocycles. The second-order valence-electron chi connectivity index (χ2n) is 6.31. The highest BCUT2D eigenvalue weighted by atomic mass is 16.4. The van der Waals surface area contributed by atoms with E-state index in [-0.39, 0.29) is 17.9 Å². The topological polar surface area (TPSA) is 66.4 Å². The molecule has 1 aromatic carbocycles. The number of benzene rings is 1. The largest absolute Gasteiger partial charge is 0.481 e. The number of carbonyl (C=O) groups excluding carboxylic acids is 1. The van der Waals surface area contributed by atoms with E-state index in [4.69, 9.17) is 5.11 Å². The van der Waals surface area contributed by atoms with Crippen molar-refractivity contribution < 1.29 is 14.7 Å². The highest BCUT2D eigenvalue weighted by Gasteiger charge is 2.30. The Kier molecular flexibility index (Phi) is 5.99. The maximum atomic E-state index is 11.9. The summed E-state index contributed by atoms with van der Waals surface area (Å²) < 4.78 is 0. The van der Waals surface area contributed by atoms with Crippen LogP contribution in [-0.2, 0) is 16.0 Å². The zero-order chi connectivity index (χ0) is 15.9. The first kappa shape index (κ1) is 16.5. The summed E-state index contributed by atoms with van der Waals surface area (Å²) in [4.78, 5) is 22.8. The molecule has 22 heavy (non-hydrogen) atoms. The summed E-state index contributed by atoms with van der Waals surface area (Å²) in [6.07, 6.45) is 5.43. The van der Waals surface area contributed by atoms with Crippen molar-refractivity contribution in [3.05, 3.63) is 35.4 Å². The van der Waals surface area contributed by atoms with Crippen molar-refractivity contribution >= 4 is 11.9 Å². The number of carbonyl (C=O) groups is 2. The van der Waals surface area contributed by atoms with Gasteiger partial charge in [0.25, 0.3) is 0 Å². The Morgan fingerprint density at radius 1 is 1.18 bits per heavy atom. The van der Waals surface area contributed by atoms with Crippen molar-refractivity contribution in [2.24, 2.45) is 5.92 Å². The van der Waals surface area contributed by atoms with E-state index in [9.17, 15) is 9.59 Å². The van der Waals surface area contributed by atoms with E-state index in [1.807, 2.05) is 0 Å². The number of aryl methyl sites for hydroxylation is 2. The molecule has 0 radical (unpaired) electrons. The number of aliphatic carboxylic acids is 1. The molecule has 1 aliphatic carbocycles. The Labute approximate surface area is 131 Å². The van der Waals surface area contributed by atoms with Gasteiger partial charge in [-0.3, -0.25) is 9.59 Å². The number of unbranched alkanes of at least 4 members (excludes halogenated alkanes) is 1. The smallest absolute Gasteiger partial charge is 0.306 e. The van der Waals surface area contributed by atoms with Gasteiger partial charge >= 0.3 is 5.97 Å². The summed E-state index contributed by atoms with van der Waals surface area (Å²) >= 11 is 0. The normalized spacial score (nSPS) is 20.8. The standard InChI is InChI=1S/C18H25NO3/c1-13-6-8-14(9-7-13)4-2-3-5-17(20)19-16-11-10-15(12-16)18(21)22/h6-9,15-16H,2-5,10-12H2,1H3,(H,19,20)(H,21,22)/t15-,16+/m0/s1. The number of amides is 1. The van der Waals surface area contributed by atoms with Crippen LogP contribution in [0.4, 0.5) is 0 Å². The van der Waals surface area contributed by atoms with Crippen LogP contribution >= 0.6 is 0 Å². The maximum absolute atomic E-state index is 11.9. The van der Waals surface area contributed by atoms with E-state index < -0.39 is 5.97 Å². The van der Waals surface area contributed by atoms with Gasteiger partial charge in [-0.2, -0.15) is 0 Å². The average molecular weight is 303 g/mol. The molecule has 0 spiro atoms. The Morgan fingerprint density at radius 2 is 1.91 bits per heavy atom. The van der Waals surface area contributed by atoms with Gasteiger partial charge in [0.2, 0.25) is 5.91 Å². The quantitative estimate of drug-likeness (QED) is 0.761. The van der Waals surface area contributed by atoms with Crippen molar-refractivity contribution in [3.63, 3.8) is 0 Å². The second-order valence-corrected chi connectivity index (χ2v) is 6.31. The number of hydrogen-bond donors (Lipinski definition) is 2. The lowest BCUT2D eigenvalue weighted by Crippen LogP contribution is -2.33. The van der Waals surface area contributed by atoms with Crippen LogP contribution in [0.2, 0.25) is 0 Å². The third-order valence-electron chi connectivity index (χ3n) is 4.39. The van der Waals surface area contributed by atoms with E-state index in [1.54, 1.807) is 0 Å². The van der Waals surface area contributed by atoms with Crippen LogP contribution in [0.25, 0.3) is 0 Å². The third kappa shape index (κ3) is 5.17. The van der Waals surface area contributed by atoms with E-state index in [0.29, 0.717) is 19.3 Å². The van der Waals surface area contributed by atoms with Crippen LogP contribution in [0.3, 0.4) is 0 Å². The molecular formula is C18H25NO3. The Morgan fingerprint density at radius 3 is 2.55 bits per heavy atom. The molecule has 2 atom stereocenters. The fourth-order valence-corrected chi connectivity index (χ4v) is 3.01. The molecule has 1 aliphatic rings. The molecule has 0 unspecified atom stereocenters. The number of carboxylic acids is 1. The van der Waals surface area contributed by atoms with Gasteiger partial charge in [0.15, 0.2) is 0 Å². The SMILES string of the molecule is Cc1ccc(CCCCC(=O)N[C@@H]2CC[C@H](C(=O)O)C2)cc1. The van der Waals surface area contributed by atoms with Crippen LogP contribution in [0, 0.1) is 12.8 Å². The molecule has 0 saturated heterocycles. The van der Waals surface area contributed by atoms with E-state index >= 15 is 0 Å². The zero-order valence-corrected chi connectivity index (χ0v) is 13.2. The summed E-state index contributed by atoms with van der Waals surface area (Å²) in [6, 6.07) is 8.55. The van der Waals surface area contributed by atoms with Crippen molar-refractivity contribution in [3.8, 4) is 0 Å². The first-order valence-electron chi connectivity index (χ1n) is 8.12. The Hall–Kier alpha value is -1.84. The summed E-state index contributed by atoms with van der Waals surface area (Å²) in [5.41, 5.74) is 2.57. The molecule has 0 aliphatic heterocycles. The minimum atomic E-state index is -0.741. The molecule has 0 heterocycles. The second kappa shape index (κ2) is 7.97. The third-order valence-corrected chi connectivity index (χ3v) is 4.39. The minimum absolute atomic E-state index is 0.0469. The number of nitrogens with one attached hydrogen (secondary N) is 1. The van der Waals surface area contributed by atoms with Crippen LogP contribution in [0.5, 0.6) is 0 Å². The van der Waals surface area contributed by atoms with Crippen molar-refractivity contribution in [2.45, 2.75) is 57.9 Å². The summed E-state index contributed by atoms with van der Waals surface area (Å²) in [6.45, 7) is 2.08. The van der Waals surface area contributed by atoms with Gasteiger partial charge in [-0.15, -0.1) is 0 Å². The lowest BCUT2D eigenvalue weighted by Gasteiger charge is -2.12. The van der Waals surface area contributed by atoms with Crippen molar-refractivity contribution in [1.82, 2.24) is 5.32 Å². The molecule has 1 fully saturated rings. The lowest BCUT2D eigenvalue weighted by molar-refractivity contribution is -0.141. The van der Waals surface area contributed by atoms with E-state index in [2.05, 4.69) is 36.5 Å². The molecule has 2 N–H and O–H groups in total. The predicted molar refractivity (Wildman–Crippen MR) is 85.6 cm³/mol. The van der Waals surface area contributed by atoms with E-state index in [0.717, 1.165) is 25.7 Å². The van der Waals surface area contributed by atoms with E-state index in [1.165, 1.54) is 11.1 Å². The lowest BCUT2D eigenvalue weighted by atomic mass is 10.1.